The first-order valence-corrected chi connectivity index (χ1v) is 5.61. The van der Waals surface area contributed by atoms with Gasteiger partial charge in [-0.05, 0) is 26.3 Å². The number of rotatable bonds is 6. The van der Waals surface area contributed by atoms with Crippen LogP contribution in [0.15, 0.2) is 0 Å². The van der Waals surface area contributed by atoms with E-state index < -0.39 is 0 Å². The number of hydrogen-bond acceptors (Lipinski definition) is 2. The molecule has 0 aromatic carbocycles. The van der Waals surface area contributed by atoms with Crippen LogP contribution in [-0.2, 0) is 0 Å². The van der Waals surface area contributed by atoms with Gasteiger partial charge in [0.25, 0.3) is 0 Å². The van der Waals surface area contributed by atoms with Crippen molar-refractivity contribution in [2.75, 3.05) is 19.7 Å². The topological polar surface area (TPSA) is 23.5 Å². The minimum atomic E-state index is 0.282. The van der Waals surface area contributed by atoms with Gasteiger partial charge in [0.15, 0.2) is 0 Å². The van der Waals surface area contributed by atoms with Crippen molar-refractivity contribution in [1.29, 1.82) is 0 Å². The molecule has 0 aliphatic heterocycles. The van der Waals surface area contributed by atoms with Crippen molar-refractivity contribution in [2.45, 2.75) is 53.5 Å². The molecule has 0 aliphatic carbocycles. The van der Waals surface area contributed by atoms with Gasteiger partial charge < -0.3 is 5.11 Å². The molecular weight excluding hydrogens is 162 g/mol. The van der Waals surface area contributed by atoms with Crippen molar-refractivity contribution >= 4 is 0 Å². The lowest BCUT2D eigenvalue weighted by Crippen LogP contribution is -2.35. The largest absolute Gasteiger partial charge is 0.395 e. The molecule has 0 aromatic heterocycles. The molecular formula is C11H27NO. The van der Waals surface area contributed by atoms with Gasteiger partial charge in [-0.3, -0.25) is 4.90 Å². The van der Waals surface area contributed by atoms with E-state index in [0.717, 1.165) is 13.1 Å². The first kappa shape index (κ1) is 15.4. The molecule has 2 heteroatoms. The number of aliphatic hydroxyl groups excluding tert-OH is 1. The summed E-state index contributed by atoms with van der Waals surface area (Å²) in [7, 11) is 0. The Labute approximate surface area is 83.9 Å². The predicted octanol–water partition coefficient (Wildman–Crippen LogP) is 2.52. The molecule has 1 unspecified atom stereocenters. The standard InChI is InChI=1S/C9H21NO.C2H6/c1-4-6-10(7-8-11)9(3)5-2;1-2/h9,11H,4-8H2,1-3H3;1-2H3. The lowest BCUT2D eigenvalue weighted by molar-refractivity contribution is 0.155. The average Bonchev–Trinajstić information content (AvgIpc) is 2.19. The lowest BCUT2D eigenvalue weighted by atomic mass is 10.2. The second-order valence-electron chi connectivity index (χ2n) is 3.02. The lowest BCUT2D eigenvalue weighted by Gasteiger charge is -2.26. The van der Waals surface area contributed by atoms with Gasteiger partial charge in [-0.1, -0.05) is 27.7 Å². The third-order valence-corrected chi connectivity index (χ3v) is 2.11. The summed E-state index contributed by atoms with van der Waals surface area (Å²) in [6, 6.07) is 0.613. The number of aliphatic hydroxyl groups is 1. The fourth-order valence-electron chi connectivity index (χ4n) is 1.23. The van der Waals surface area contributed by atoms with Gasteiger partial charge in [0.05, 0.1) is 6.61 Å². The SMILES string of the molecule is CC.CCCN(CCO)C(C)CC. The molecule has 0 heterocycles. The van der Waals surface area contributed by atoms with Gasteiger partial charge in [-0.15, -0.1) is 0 Å². The Balaban J connectivity index is 0. The van der Waals surface area contributed by atoms with Crippen LogP contribution in [0.2, 0.25) is 0 Å². The van der Waals surface area contributed by atoms with E-state index in [0.29, 0.717) is 6.04 Å². The monoisotopic (exact) mass is 189 g/mol. The Kier molecular flexibility index (Phi) is 14.1. The Bertz CT molecular complexity index is 80.2. The molecule has 0 aliphatic rings. The summed E-state index contributed by atoms with van der Waals surface area (Å²) in [5, 5.41) is 8.77. The zero-order chi connectivity index (χ0) is 10.7. The maximum absolute atomic E-state index is 8.77. The number of nitrogens with zero attached hydrogens (tertiary/aromatic N) is 1. The molecule has 0 saturated carbocycles. The summed E-state index contributed by atoms with van der Waals surface area (Å²) in [5.41, 5.74) is 0. The predicted molar refractivity (Wildman–Crippen MR) is 60.1 cm³/mol. The second-order valence-corrected chi connectivity index (χ2v) is 3.02. The molecule has 0 fully saturated rings. The Morgan fingerprint density at radius 3 is 2.00 bits per heavy atom. The van der Waals surface area contributed by atoms with Gasteiger partial charge in [0.2, 0.25) is 0 Å². The quantitative estimate of drug-likeness (QED) is 0.694. The Morgan fingerprint density at radius 2 is 1.69 bits per heavy atom. The summed E-state index contributed by atoms with van der Waals surface area (Å²) in [5.74, 6) is 0. The molecule has 1 atom stereocenters. The number of hydrogen-bond donors (Lipinski definition) is 1. The zero-order valence-corrected chi connectivity index (χ0v) is 10.0. The highest BCUT2D eigenvalue weighted by molar-refractivity contribution is 4.64. The van der Waals surface area contributed by atoms with Crippen molar-refractivity contribution in [3.8, 4) is 0 Å². The van der Waals surface area contributed by atoms with E-state index >= 15 is 0 Å². The molecule has 2 nitrogen and oxygen atoms in total. The van der Waals surface area contributed by atoms with Crippen molar-refractivity contribution in [3.63, 3.8) is 0 Å². The summed E-state index contributed by atoms with van der Waals surface area (Å²) in [4.78, 5) is 2.33. The van der Waals surface area contributed by atoms with E-state index in [1.54, 1.807) is 0 Å². The highest BCUT2D eigenvalue weighted by Crippen LogP contribution is 2.02. The minimum Gasteiger partial charge on any atom is -0.395 e. The summed E-state index contributed by atoms with van der Waals surface area (Å²) >= 11 is 0. The third-order valence-electron chi connectivity index (χ3n) is 2.11. The van der Waals surface area contributed by atoms with Crippen LogP contribution in [-0.4, -0.2) is 35.7 Å². The van der Waals surface area contributed by atoms with Crippen LogP contribution in [0.5, 0.6) is 0 Å². The first-order chi connectivity index (χ1) is 6.26. The van der Waals surface area contributed by atoms with E-state index in [9.17, 15) is 0 Å². The Hall–Kier alpha value is -0.0800. The average molecular weight is 189 g/mol. The van der Waals surface area contributed by atoms with Crippen LogP contribution in [0.1, 0.15) is 47.5 Å². The van der Waals surface area contributed by atoms with Crippen LogP contribution < -0.4 is 0 Å². The Morgan fingerprint density at radius 1 is 1.15 bits per heavy atom. The molecule has 0 aromatic rings. The van der Waals surface area contributed by atoms with Crippen molar-refractivity contribution in [3.05, 3.63) is 0 Å². The molecule has 1 N–H and O–H groups in total. The highest BCUT2D eigenvalue weighted by Gasteiger charge is 2.08. The fourth-order valence-corrected chi connectivity index (χ4v) is 1.23. The van der Waals surface area contributed by atoms with E-state index in [-0.39, 0.29) is 6.61 Å². The normalized spacial score (nSPS) is 12.2. The summed E-state index contributed by atoms with van der Waals surface area (Å²) < 4.78 is 0. The van der Waals surface area contributed by atoms with Crippen molar-refractivity contribution < 1.29 is 5.11 Å². The van der Waals surface area contributed by atoms with Crippen LogP contribution in [0, 0.1) is 0 Å². The molecule has 0 saturated heterocycles. The second kappa shape index (κ2) is 11.9. The maximum Gasteiger partial charge on any atom is 0.0558 e. The first-order valence-electron chi connectivity index (χ1n) is 5.61. The van der Waals surface area contributed by atoms with Crippen LogP contribution in [0.3, 0.4) is 0 Å². The van der Waals surface area contributed by atoms with E-state index in [1.165, 1.54) is 12.8 Å². The molecule has 0 rings (SSSR count). The van der Waals surface area contributed by atoms with Crippen molar-refractivity contribution in [1.82, 2.24) is 4.90 Å². The highest BCUT2D eigenvalue weighted by atomic mass is 16.3. The van der Waals surface area contributed by atoms with Gasteiger partial charge in [0, 0.05) is 12.6 Å². The molecule has 13 heavy (non-hydrogen) atoms. The van der Waals surface area contributed by atoms with Gasteiger partial charge in [0.1, 0.15) is 0 Å². The van der Waals surface area contributed by atoms with Gasteiger partial charge in [-0.25, -0.2) is 0 Å². The van der Waals surface area contributed by atoms with E-state index in [1.807, 2.05) is 13.8 Å². The smallest absolute Gasteiger partial charge is 0.0558 e. The van der Waals surface area contributed by atoms with Gasteiger partial charge in [-0.2, -0.15) is 0 Å². The molecule has 0 radical (unpaired) electrons. The van der Waals surface area contributed by atoms with Crippen LogP contribution in [0.25, 0.3) is 0 Å². The van der Waals surface area contributed by atoms with Crippen LogP contribution >= 0.6 is 0 Å². The molecule has 0 spiro atoms. The van der Waals surface area contributed by atoms with E-state index in [2.05, 4.69) is 25.7 Å². The van der Waals surface area contributed by atoms with E-state index in [4.69, 9.17) is 5.11 Å². The summed E-state index contributed by atoms with van der Waals surface area (Å²) in [6.45, 7) is 12.8. The van der Waals surface area contributed by atoms with Crippen molar-refractivity contribution in [2.24, 2.45) is 0 Å². The fraction of sp³-hybridized carbons (Fsp3) is 1.00. The molecule has 0 amide bonds. The summed E-state index contributed by atoms with van der Waals surface area (Å²) in [6.07, 6.45) is 2.34. The van der Waals surface area contributed by atoms with Gasteiger partial charge >= 0.3 is 0 Å². The third kappa shape index (κ3) is 8.26. The molecule has 0 bridgehead atoms. The molecule has 82 valence electrons. The zero-order valence-electron chi connectivity index (χ0n) is 10.0. The van der Waals surface area contributed by atoms with Crippen LogP contribution in [0.4, 0.5) is 0 Å². The minimum absolute atomic E-state index is 0.282. The maximum atomic E-state index is 8.77.